The molecule has 0 unspecified atom stereocenters. The molecule has 2 heteroatoms. The SMILES string of the molecule is Cc1cc(C)c(C)c(-c2c3ccc4cc(F)ccc4c3cc[n+]2C)c1. The van der Waals surface area contributed by atoms with Gasteiger partial charge in [0.1, 0.15) is 12.9 Å². The van der Waals surface area contributed by atoms with Crippen molar-refractivity contribution in [3.05, 3.63) is 77.2 Å². The molecule has 0 amide bonds. The lowest BCUT2D eigenvalue weighted by Crippen LogP contribution is -2.30. The lowest BCUT2D eigenvalue weighted by atomic mass is 9.93. The zero-order valence-electron chi connectivity index (χ0n) is 15.0. The van der Waals surface area contributed by atoms with Crippen LogP contribution in [0.15, 0.2) is 54.7 Å². The second kappa shape index (κ2) is 5.66. The van der Waals surface area contributed by atoms with Crippen molar-refractivity contribution in [1.82, 2.24) is 0 Å². The maximum absolute atomic E-state index is 13.6. The molecule has 1 aromatic heterocycles. The van der Waals surface area contributed by atoms with Crippen molar-refractivity contribution in [2.45, 2.75) is 20.8 Å². The van der Waals surface area contributed by atoms with Crippen LogP contribution in [-0.2, 0) is 7.05 Å². The summed E-state index contributed by atoms with van der Waals surface area (Å²) in [6.07, 6.45) is 2.09. The van der Waals surface area contributed by atoms with E-state index in [1.165, 1.54) is 39.4 Å². The normalized spacial score (nSPS) is 11.4. The molecule has 124 valence electrons. The number of fused-ring (bicyclic) bond motifs is 3. The molecule has 1 heterocycles. The zero-order chi connectivity index (χ0) is 17.7. The Bertz CT molecular complexity index is 1140. The van der Waals surface area contributed by atoms with Crippen LogP contribution >= 0.6 is 0 Å². The molecule has 0 atom stereocenters. The van der Waals surface area contributed by atoms with Gasteiger partial charge in [0.2, 0.25) is 5.69 Å². The van der Waals surface area contributed by atoms with Gasteiger partial charge in [-0.15, -0.1) is 0 Å². The average molecular weight is 330 g/mol. The smallest absolute Gasteiger partial charge is 0.207 e. The van der Waals surface area contributed by atoms with Crippen molar-refractivity contribution in [2.24, 2.45) is 7.05 Å². The van der Waals surface area contributed by atoms with Crippen LogP contribution in [0.4, 0.5) is 4.39 Å². The van der Waals surface area contributed by atoms with Crippen LogP contribution < -0.4 is 4.57 Å². The van der Waals surface area contributed by atoms with Gasteiger partial charge in [0.05, 0.1) is 10.9 Å². The molecule has 4 rings (SSSR count). The van der Waals surface area contributed by atoms with Gasteiger partial charge in [-0.3, -0.25) is 0 Å². The van der Waals surface area contributed by atoms with E-state index < -0.39 is 0 Å². The van der Waals surface area contributed by atoms with Crippen molar-refractivity contribution in [3.63, 3.8) is 0 Å². The minimum absolute atomic E-state index is 0.196. The van der Waals surface area contributed by atoms with E-state index >= 15 is 0 Å². The number of nitrogens with zero attached hydrogens (tertiary/aromatic N) is 1. The summed E-state index contributed by atoms with van der Waals surface area (Å²) in [5.74, 6) is -0.196. The predicted octanol–water partition coefficient (Wildman–Crippen LogP) is 5.55. The maximum atomic E-state index is 13.6. The number of aryl methyl sites for hydroxylation is 3. The van der Waals surface area contributed by atoms with E-state index in [2.05, 4.69) is 62.8 Å². The third kappa shape index (κ3) is 2.49. The van der Waals surface area contributed by atoms with Gasteiger partial charge in [0, 0.05) is 11.5 Å². The summed E-state index contributed by atoms with van der Waals surface area (Å²) in [5.41, 5.74) is 6.32. The van der Waals surface area contributed by atoms with E-state index in [0.29, 0.717) is 0 Å². The van der Waals surface area contributed by atoms with Gasteiger partial charge in [-0.1, -0.05) is 23.8 Å². The minimum atomic E-state index is -0.196. The Morgan fingerprint density at radius 2 is 1.56 bits per heavy atom. The monoisotopic (exact) mass is 330 g/mol. The fourth-order valence-corrected chi connectivity index (χ4v) is 3.78. The molecule has 25 heavy (non-hydrogen) atoms. The van der Waals surface area contributed by atoms with Crippen molar-refractivity contribution in [2.75, 3.05) is 0 Å². The lowest BCUT2D eigenvalue weighted by molar-refractivity contribution is -0.659. The van der Waals surface area contributed by atoms with Crippen molar-refractivity contribution < 1.29 is 8.96 Å². The number of benzene rings is 3. The highest BCUT2D eigenvalue weighted by atomic mass is 19.1. The van der Waals surface area contributed by atoms with Gasteiger partial charge >= 0.3 is 0 Å². The first-order chi connectivity index (χ1) is 12.0. The van der Waals surface area contributed by atoms with Crippen LogP contribution in [0.1, 0.15) is 16.7 Å². The van der Waals surface area contributed by atoms with Crippen molar-refractivity contribution >= 4 is 21.5 Å². The van der Waals surface area contributed by atoms with Gasteiger partial charge in [-0.05, 0) is 66.9 Å². The number of hydrogen-bond acceptors (Lipinski definition) is 0. The van der Waals surface area contributed by atoms with E-state index in [1.54, 1.807) is 6.07 Å². The largest absolute Gasteiger partial charge is 0.220 e. The van der Waals surface area contributed by atoms with E-state index in [9.17, 15) is 4.39 Å². The molecule has 0 bridgehead atoms. The van der Waals surface area contributed by atoms with Crippen molar-refractivity contribution in [1.29, 1.82) is 0 Å². The lowest BCUT2D eigenvalue weighted by Gasteiger charge is -2.12. The molecule has 0 aliphatic heterocycles. The minimum Gasteiger partial charge on any atom is -0.207 e. The van der Waals surface area contributed by atoms with Gasteiger partial charge in [-0.25, -0.2) is 8.96 Å². The summed E-state index contributed by atoms with van der Waals surface area (Å²) in [6, 6.07) is 15.8. The van der Waals surface area contributed by atoms with E-state index in [1.807, 2.05) is 12.1 Å². The third-order valence-electron chi connectivity index (χ3n) is 5.16. The van der Waals surface area contributed by atoms with E-state index in [-0.39, 0.29) is 5.82 Å². The first kappa shape index (κ1) is 15.8. The van der Waals surface area contributed by atoms with Crippen LogP contribution in [0.5, 0.6) is 0 Å². The van der Waals surface area contributed by atoms with Crippen LogP contribution in [-0.4, -0.2) is 0 Å². The first-order valence-electron chi connectivity index (χ1n) is 8.54. The molecule has 1 nitrogen and oxygen atoms in total. The number of halogens is 1. The van der Waals surface area contributed by atoms with Gasteiger partial charge in [-0.2, -0.15) is 0 Å². The van der Waals surface area contributed by atoms with Crippen LogP contribution in [0.3, 0.4) is 0 Å². The van der Waals surface area contributed by atoms with E-state index in [0.717, 1.165) is 16.2 Å². The highest BCUT2D eigenvalue weighted by molar-refractivity contribution is 6.10. The fourth-order valence-electron chi connectivity index (χ4n) is 3.78. The summed E-state index contributed by atoms with van der Waals surface area (Å²) in [5, 5.41) is 4.37. The Morgan fingerprint density at radius 3 is 2.36 bits per heavy atom. The maximum Gasteiger partial charge on any atom is 0.220 e. The Hall–Kier alpha value is -2.74. The Labute approximate surface area is 147 Å². The Morgan fingerprint density at radius 1 is 0.800 bits per heavy atom. The fraction of sp³-hybridized carbons (Fsp3) is 0.174. The van der Waals surface area contributed by atoms with Crippen molar-refractivity contribution in [3.8, 4) is 11.3 Å². The summed E-state index contributed by atoms with van der Waals surface area (Å²) >= 11 is 0. The second-order valence-electron chi connectivity index (χ2n) is 6.92. The van der Waals surface area contributed by atoms with Crippen LogP contribution in [0.2, 0.25) is 0 Å². The number of aromatic nitrogens is 1. The summed E-state index contributed by atoms with van der Waals surface area (Å²) < 4.78 is 15.8. The van der Waals surface area contributed by atoms with E-state index in [4.69, 9.17) is 0 Å². The topological polar surface area (TPSA) is 3.88 Å². The number of pyridine rings is 1. The first-order valence-corrected chi connectivity index (χ1v) is 8.54. The zero-order valence-corrected chi connectivity index (χ0v) is 15.0. The second-order valence-corrected chi connectivity index (χ2v) is 6.92. The summed E-state index contributed by atoms with van der Waals surface area (Å²) in [7, 11) is 2.08. The summed E-state index contributed by atoms with van der Waals surface area (Å²) in [4.78, 5) is 0. The molecular weight excluding hydrogens is 309 g/mol. The van der Waals surface area contributed by atoms with Crippen LogP contribution in [0, 0.1) is 26.6 Å². The number of hydrogen-bond donors (Lipinski definition) is 0. The quantitative estimate of drug-likeness (QED) is 0.318. The molecule has 0 radical (unpaired) electrons. The molecule has 0 fully saturated rings. The molecule has 4 aromatic rings. The standard InChI is InChI=1S/C23H21FN/c1-14-11-15(2)16(3)22(12-14)23-21-7-5-17-13-18(24)6-8-19(17)20(21)9-10-25(23)4/h5-13H,1-4H3/q+1. The molecule has 0 saturated heterocycles. The van der Waals surface area contributed by atoms with Crippen LogP contribution in [0.25, 0.3) is 32.8 Å². The molecule has 0 spiro atoms. The molecule has 0 aliphatic carbocycles. The Balaban J connectivity index is 2.15. The van der Waals surface area contributed by atoms with Gasteiger partial charge in [0.15, 0.2) is 6.20 Å². The average Bonchev–Trinajstić information content (AvgIpc) is 2.57. The molecule has 0 saturated carbocycles. The molecule has 0 aliphatic rings. The number of rotatable bonds is 1. The highest BCUT2D eigenvalue weighted by Crippen LogP contribution is 2.33. The molecule has 3 aromatic carbocycles. The van der Waals surface area contributed by atoms with Gasteiger partial charge < -0.3 is 0 Å². The summed E-state index contributed by atoms with van der Waals surface area (Å²) in [6.45, 7) is 6.48. The molecular formula is C23H21FN+. The van der Waals surface area contributed by atoms with Gasteiger partial charge in [0.25, 0.3) is 0 Å². The third-order valence-corrected chi connectivity index (χ3v) is 5.16. The molecule has 0 N–H and O–H groups in total. The predicted molar refractivity (Wildman–Crippen MR) is 102 cm³/mol. The Kier molecular flexibility index (Phi) is 3.57. The highest BCUT2D eigenvalue weighted by Gasteiger charge is 2.19.